The molecule has 1 aliphatic heterocycles. The molecule has 0 aromatic heterocycles. The lowest BCUT2D eigenvalue weighted by Crippen LogP contribution is -2.33. The fourth-order valence-corrected chi connectivity index (χ4v) is 3.11. The number of likely N-dealkylation sites (tertiary alicyclic amines) is 1. The van der Waals surface area contributed by atoms with Crippen molar-refractivity contribution in [3.05, 3.63) is 34.9 Å². The van der Waals surface area contributed by atoms with E-state index in [1.165, 1.54) is 48.9 Å². The Bertz CT molecular complexity index is 433. The molecule has 1 saturated heterocycles. The number of hydrogen-bond donors (Lipinski definition) is 2. The van der Waals surface area contributed by atoms with Crippen LogP contribution < -0.4 is 5.32 Å². The van der Waals surface area contributed by atoms with Gasteiger partial charge in [0.05, 0.1) is 6.61 Å². The van der Waals surface area contributed by atoms with Gasteiger partial charge >= 0.3 is 0 Å². The van der Waals surface area contributed by atoms with Gasteiger partial charge in [-0.1, -0.05) is 18.2 Å². The van der Waals surface area contributed by atoms with Gasteiger partial charge < -0.3 is 10.4 Å². The molecule has 1 aromatic rings. The van der Waals surface area contributed by atoms with Gasteiger partial charge in [0, 0.05) is 12.6 Å². The highest BCUT2D eigenvalue weighted by Crippen LogP contribution is 2.16. The lowest BCUT2D eigenvalue weighted by atomic mass is 10.1. The molecule has 1 heterocycles. The predicted octanol–water partition coefficient (Wildman–Crippen LogP) is 2.63. The standard InChI is InChI=1S/C18H30N2O/c1-15-7-8-17(12-16(15)2)13-19-9-3-4-10-20-11-5-6-18(20)14-21/h7-8,12,18-19,21H,3-6,9-11,13-14H2,1-2H3. The van der Waals surface area contributed by atoms with Crippen LogP contribution in [0.5, 0.6) is 0 Å². The minimum atomic E-state index is 0.324. The molecule has 0 saturated carbocycles. The van der Waals surface area contributed by atoms with Crippen LogP contribution in [0.25, 0.3) is 0 Å². The minimum absolute atomic E-state index is 0.324. The zero-order chi connectivity index (χ0) is 15.1. The zero-order valence-corrected chi connectivity index (χ0v) is 13.6. The molecule has 0 radical (unpaired) electrons. The summed E-state index contributed by atoms with van der Waals surface area (Å²) >= 11 is 0. The van der Waals surface area contributed by atoms with Crippen molar-refractivity contribution >= 4 is 0 Å². The van der Waals surface area contributed by atoms with Crippen molar-refractivity contribution < 1.29 is 5.11 Å². The predicted molar refractivity (Wildman–Crippen MR) is 88.5 cm³/mol. The molecule has 3 nitrogen and oxygen atoms in total. The topological polar surface area (TPSA) is 35.5 Å². The molecular weight excluding hydrogens is 260 g/mol. The molecule has 1 aliphatic rings. The second-order valence-corrected chi connectivity index (χ2v) is 6.32. The van der Waals surface area contributed by atoms with Gasteiger partial charge in [0.25, 0.3) is 0 Å². The van der Waals surface area contributed by atoms with Gasteiger partial charge in [0.2, 0.25) is 0 Å². The maximum absolute atomic E-state index is 9.29. The molecular formula is C18H30N2O. The highest BCUT2D eigenvalue weighted by molar-refractivity contribution is 5.29. The van der Waals surface area contributed by atoms with E-state index < -0.39 is 0 Å². The van der Waals surface area contributed by atoms with Gasteiger partial charge in [-0.2, -0.15) is 0 Å². The van der Waals surface area contributed by atoms with E-state index in [1.807, 2.05) is 0 Å². The second kappa shape index (κ2) is 8.52. The molecule has 1 fully saturated rings. The Morgan fingerprint density at radius 3 is 2.86 bits per heavy atom. The van der Waals surface area contributed by atoms with E-state index in [1.54, 1.807) is 0 Å². The highest BCUT2D eigenvalue weighted by atomic mass is 16.3. The summed E-state index contributed by atoms with van der Waals surface area (Å²) in [6.45, 7) is 8.99. The SMILES string of the molecule is Cc1ccc(CNCCCCN2CCCC2CO)cc1C. The number of aliphatic hydroxyl groups is 1. The first kappa shape index (κ1) is 16.5. The monoisotopic (exact) mass is 290 g/mol. The van der Waals surface area contributed by atoms with Crippen LogP contribution in [-0.2, 0) is 6.54 Å². The summed E-state index contributed by atoms with van der Waals surface area (Å²) in [6.07, 6.45) is 4.84. The van der Waals surface area contributed by atoms with Crippen LogP contribution >= 0.6 is 0 Å². The Balaban J connectivity index is 1.56. The third kappa shape index (κ3) is 5.10. The van der Waals surface area contributed by atoms with Crippen LogP contribution in [0.4, 0.5) is 0 Å². The van der Waals surface area contributed by atoms with Gasteiger partial charge in [-0.05, 0) is 75.9 Å². The average Bonchev–Trinajstić information content (AvgIpc) is 2.93. The summed E-state index contributed by atoms with van der Waals surface area (Å²) in [6, 6.07) is 7.12. The zero-order valence-electron chi connectivity index (χ0n) is 13.6. The van der Waals surface area contributed by atoms with Crippen LogP contribution in [-0.4, -0.2) is 42.3 Å². The summed E-state index contributed by atoms with van der Waals surface area (Å²) < 4.78 is 0. The molecule has 0 spiro atoms. The number of benzene rings is 1. The van der Waals surface area contributed by atoms with Gasteiger partial charge in [0.1, 0.15) is 0 Å². The van der Waals surface area contributed by atoms with E-state index in [2.05, 4.69) is 42.3 Å². The molecule has 1 atom stereocenters. The van der Waals surface area contributed by atoms with Gasteiger partial charge in [-0.3, -0.25) is 4.90 Å². The summed E-state index contributed by atoms with van der Waals surface area (Å²) in [5, 5.41) is 12.8. The molecule has 1 aromatic carbocycles. The van der Waals surface area contributed by atoms with Gasteiger partial charge in [-0.25, -0.2) is 0 Å². The fraction of sp³-hybridized carbons (Fsp3) is 0.667. The molecule has 2 rings (SSSR count). The van der Waals surface area contributed by atoms with Crippen molar-refractivity contribution in [2.45, 2.75) is 52.1 Å². The maximum atomic E-state index is 9.29. The first-order valence-electron chi connectivity index (χ1n) is 8.32. The Kier molecular flexibility index (Phi) is 6.68. The van der Waals surface area contributed by atoms with E-state index in [-0.39, 0.29) is 0 Å². The smallest absolute Gasteiger partial charge is 0.0586 e. The third-order valence-corrected chi connectivity index (χ3v) is 4.66. The number of rotatable bonds is 8. The molecule has 0 amide bonds. The van der Waals surface area contributed by atoms with Gasteiger partial charge in [0.15, 0.2) is 0 Å². The van der Waals surface area contributed by atoms with Crippen molar-refractivity contribution in [2.75, 3.05) is 26.2 Å². The van der Waals surface area contributed by atoms with E-state index in [4.69, 9.17) is 0 Å². The second-order valence-electron chi connectivity index (χ2n) is 6.32. The van der Waals surface area contributed by atoms with E-state index in [0.717, 1.165) is 19.6 Å². The summed E-state index contributed by atoms with van der Waals surface area (Å²) in [7, 11) is 0. The molecule has 0 aliphatic carbocycles. The minimum Gasteiger partial charge on any atom is -0.395 e. The van der Waals surface area contributed by atoms with Crippen molar-refractivity contribution in [1.29, 1.82) is 0 Å². The molecule has 1 unspecified atom stereocenters. The third-order valence-electron chi connectivity index (χ3n) is 4.66. The van der Waals surface area contributed by atoms with Crippen LogP contribution in [0.3, 0.4) is 0 Å². The summed E-state index contributed by atoms with van der Waals surface area (Å²) in [4.78, 5) is 2.45. The van der Waals surface area contributed by atoms with E-state index in [0.29, 0.717) is 12.6 Å². The quantitative estimate of drug-likeness (QED) is 0.723. The Hall–Kier alpha value is -0.900. The van der Waals surface area contributed by atoms with Crippen LogP contribution in [0, 0.1) is 13.8 Å². The first-order valence-corrected chi connectivity index (χ1v) is 8.32. The van der Waals surface area contributed by atoms with Crippen LogP contribution in [0.1, 0.15) is 42.4 Å². The van der Waals surface area contributed by atoms with Crippen molar-refractivity contribution in [1.82, 2.24) is 10.2 Å². The number of nitrogens with one attached hydrogen (secondary N) is 1. The summed E-state index contributed by atoms with van der Waals surface area (Å²) in [5.41, 5.74) is 4.11. The maximum Gasteiger partial charge on any atom is 0.0586 e. The van der Waals surface area contributed by atoms with Crippen molar-refractivity contribution in [2.24, 2.45) is 0 Å². The number of hydrogen-bond acceptors (Lipinski definition) is 3. The molecule has 118 valence electrons. The average molecular weight is 290 g/mol. The fourth-order valence-electron chi connectivity index (χ4n) is 3.11. The van der Waals surface area contributed by atoms with E-state index in [9.17, 15) is 5.11 Å². The van der Waals surface area contributed by atoms with Crippen LogP contribution in [0.15, 0.2) is 18.2 Å². The molecule has 21 heavy (non-hydrogen) atoms. The Labute approximate surface area is 129 Å². The number of unbranched alkanes of at least 4 members (excludes halogenated alkanes) is 1. The van der Waals surface area contributed by atoms with Crippen molar-refractivity contribution in [3.8, 4) is 0 Å². The lowest BCUT2D eigenvalue weighted by Gasteiger charge is -2.22. The summed E-state index contributed by atoms with van der Waals surface area (Å²) in [5.74, 6) is 0. The Morgan fingerprint density at radius 1 is 1.24 bits per heavy atom. The number of aliphatic hydroxyl groups excluding tert-OH is 1. The highest BCUT2D eigenvalue weighted by Gasteiger charge is 2.22. The van der Waals surface area contributed by atoms with E-state index >= 15 is 0 Å². The van der Waals surface area contributed by atoms with Gasteiger partial charge in [-0.15, -0.1) is 0 Å². The van der Waals surface area contributed by atoms with Crippen LogP contribution in [0.2, 0.25) is 0 Å². The largest absolute Gasteiger partial charge is 0.395 e. The number of aryl methyl sites for hydroxylation is 2. The van der Waals surface area contributed by atoms with Crippen molar-refractivity contribution in [3.63, 3.8) is 0 Å². The first-order chi connectivity index (χ1) is 10.2. The normalized spacial score (nSPS) is 19.3. The Morgan fingerprint density at radius 2 is 2.10 bits per heavy atom. The molecule has 2 N–H and O–H groups in total. The molecule has 0 bridgehead atoms. The molecule has 3 heteroatoms. The lowest BCUT2D eigenvalue weighted by molar-refractivity contribution is 0.157. The number of nitrogens with zero attached hydrogens (tertiary/aromatic N) is 1.